The highest BCUT2D eigenvalue weighted by Crippen LogP contribution is 2.36. The van der Waals surface area contributed by atoms with Crippen molar-refractivity contribution in [1.29, 1.82) is 0 Å². The van der Waals surface area contributed by atoms with Crippen LogP contribution in [0.25, 0.3) is 0 Å². The van der Waals surface area contributed by atoms with E-state index in [2.05, 4.69) is 6.92 Å². The van der Waals surface area contributed by atoms with E-state index in [1.807, 2.05) is 13.0 Å². The molecule has 2 aliphatic rings. The number of ether oxygens (including phenoxy) is 1. The maximum absolute atomic E-state index is 14.4. The van der Waals surface area contributed by atoms with Gasteiger partial charge in [0.1, 0.15) is 0 Å². The van der Waals surface area contributed by atoms with E-state index >= 15 is 0 Å². The van der Waals surface area contributed by atoms with Gasteiger partial charge in [0.05, 0.1) is 6.10 Å². The van der Waals surface area contributed by atoms with Gasteiger partial charge in [0.15, 0.2) is 11.6 Å². The van der Waals surface area contributed by atoms with Crippen molar-refractivity contribution in [1.82, 2.24) is 0 Å². The maximum atomic E-state index is 14.4. The van der Waals surface area contributed by atoms with E-state index in [-0.39, 0.29) is 11.9 Å². The third-order valence-corrected chi connectivity index (χ3v) is 6.38. The smallest absolute Gasteiger partial charge is 0.201 e. The van der Waals surface area contributed by atoms with E-state index < -0.39 is 11.6 Å². The second kappa shape index (κ2) is 9.19. The van der Waals surface area contributed by atoms with Crippen molar-refractivity contribution in [2.75, 3.05) is 0 Å². The first kappa shape index (κ1) is 19.6. The Morgan fingerprint density at radius 3 is 2.46 bits per heavy atom. The lowest BCUT2D eigenvalue weighted by Gasteiger charge is -2.28. The van der Waals surface area contributed by atoms with Crippen LogP contribution in [0.15, 0.2) is 6.07 Å². The van der Waals surface area contributed by atoms with Crippen molar-refractivity contribution in [3.8, 4) is 5.75 Å². The van der Waals surface area contributed by atoms with E-state index in [4.69, 9.17) is 4.74 Å². The molecule has 1 aromatic rings. The van der Waals surface area contributed by atoms with Gasteiger partial charge in [-0.15, -0.1) is 0 Å². The Labute approximate surface area is 157 Å². The molecule has 1 heterocycles. The minimum atomic E-state index is -0.771. The molecule has 0 aromatic heterocycles. The number of fused-ring (bicyclic) bond motifs is 1. The predicted molar refractivity (Wildman–Crippen MR) is 103 cm³/mol. The van der Waals surface area contributed by atoms with Crippen LogP contribution in [0.2, 0.25) is 0 Å². The van der Waals surface area contributed by atoms with Gasteiger partial charge >= 0.3 is 0 Å². The third kappa shape index (κ3) is 4.78. The van der Waals surface area contributed by atoms with Crippen molar-refractivity contribution in [3.05, 3.63) is 28.8 Å². The van der Waals surface area contributed by atoms with Crippen LogP contribution in [0.5, 0.6) is 5.75 Å². The minimum Gasteiger partial charge on any atom is -0.487 e. The minimum absolute atomic E-state index is 0.0415. The molecule has 1 atom stereocenters. The molecule has 0 saturated heterocycles. The van der Waals surface area contributed by atoms with Crippen LogP contribution in [0.1, 0.15) is 89.2 Å². The molecule has 1 fully saturated rings. The number of rotatable bonds is 7. The second-order valence-corrected chi connectivity index (χ2v) is 8.59. The number of aryl methyl sites for hydroxylation is 2. The Kier molecular flexibility index (Phi) is 6.94. The number of hydrogen-bond donors (Lipinski definition) is 0. The fraction of sp³-hybridized carbons (Fsp3) is 0.739. The molecule has 0 N–H and O–H groups in total. The van der Waals surface area contributed by atoms with E-state index in [1.54, 1.807) is 0 Å². The van der Waals surface area contributed by atoms with Crippen molar-refractivity contribution in [2.24, 2.45) is 11.8 Å². The predicted octanol–water partition coefficient (Wildman–Crippen LogP) is 7.00. The highest BCUT2D eigenvalue weighted by Gasteiger charge is 2.26. The van der Waals surface area contributed by atoms with Gasteiger partial charge in [-0.3, -0.25) is 0 Å². The van der Waals surface area contributed by atoms with Crippen molar-refractivity contribution < 1.29 is 13.5 Å². The lowest BCUT2D eigenvalue weighted by Crippen LogP contribution is -2.24. The van der Waals surface area contributed by atoms with Gasteiger partial charge in [-0.05, 0) is 61.1 Å². The standard InChI is InChI=1S/C23H34F2O/c1-3-6-18-15-19-13-14-20(26-23(19)22(25)21(18)24)8-5-4-7-17-11-9-16(2)10-12-17/h15-17,20H,3-14H2,1-2H3. The summed E-state index contributed by atoms with van der Waals surface area (Å²) in [6, 6.07) is 1.82. The van der Waals surface area contributed by atoms with E-state index in [0.717, 1.165) is 49.5 Å². The summed E-state index contributed by atoms with van der Waals surface area (Å²) in [5.74, 6) is 0.516. The molecule has 0 amide bonds. The Hall–Kier alpha value is -1.12. The van der Waals surface area contributed by atoms with E-state index in [1.165, 1.54) is 38.5 Å². The molecule has 0 radical (unpaired) electrons. The normalized spacial score (nSPS) is 25.6. The lowest BCUT2D eigenvalue weighted by atomic mass is 9.80. The zero-order valence-electron chi connectivity index (χ0n) is 16.5. The fourth-order valence-corrected chi connectivity index (χ4v) is 4.65. The van der Waals surface area contributed by atoms with Gasteiger partial charge < -0.3 is 4.74 Å². The molecule has 3 rings (SSSR count). The van der Waals surface area contributed by atoms with Gasteiger partial charge in [-0.1, -0.05) is 58.8 Å². The summed E-state index contributed by atoms with van der Waals surface area (Å²) in [6.07, 6.45) is 13.4. The number of unbranched alkanes of at least 4 members (excludes halogenated alkanes) is 1. The summed E-state index contributed by atoms with van der Waals surface area (Å²) < 4.78 is 34.5. The summed E-state index contributed by atoms with van der Waals surface area (Å²) in [7, 11) is 0. The molecular weight excluding hydrogens is 330 g/mol. The van der Waals surface area contributed by atoms with Crippen LogP contribution in [0.4, 0.5) is 8.78 Å². The number of benzene rings is 1. The first-order valence-corrected chi connectivity index (χ1v) is 10.7. The zero-order chi connectivity index (χ0) is 18.5. The van der Waals surface area contributed by atoms with Gasteiger partial charge in [0.2, 0.25) is 5.82 Å². The van der Waals surface area contributed by atoms with Crippen LogP contribution >= 0.6 is 0 Å². The second-order valence-electron chi connectivity index (χ2n) is 8.59. The van der Waals surface area contributed by atoms with Crippen LogP contribution in [-0.4, -0.2) is 6.10 Å². The highest BCUT2D eigenvalue weighted by atomic mass is 19.2. The topological polar surface area (TPSA) is 9.23 Å². The summed E-state index contributed by atoms with van der Waals surface area (Å²) in [5.41, 5.74) is 1.34. The third-order valence-electron chi connectivity index (χ3n) is 6.38. The molecular formula is C23H34F2O. The SMILES string of the molecule is CCCc1cc2c(c(F)c1F)OC(CCCCC1CCC(C)CC1)CC2. The van der Waals surface area contributed by atoms with E-state index in [9.17, 15) is 8.78 Å². The summed E-state index contributed by atoms with van der Waals surface area (Å²) in [5, 5.41) is 0. The molecule has 146 valence electrons. The largest absolute Gasteiger partial charge is 0.487 e. The van der Waals surface area contributed by atoms with Crippen LogP contribution < -0.4 is 4.74 Å². The van der Waals surface area contributed by atoms with Crippen LogP contribution in [-0.2, 0) is 12.8 Å². The van der Waals surface area contributed by atoms with Crippen molar-refractivity contribution in [3.63, 3.8) is 0 Å². The lowest BCUT2D eigenvalue weighted by molar-refractivity contribution is 0.149. The van der Waals surface area contributed by atoms with Crippen LogP contribution in [0.3, 0.4) is 0 Å². The number of hydrogen-bond acceptors (Lipinski definition) is 1. The first-order chi connectivity index (χ1) is 12.6. The Balaban J connectivity index is 1.47. The van der Waals surface area contributed by atoms with Crippen molar-refractivity contribution >= 4 is 0 Å². The monoisotopic (exact) mass is 364 g/mol. The molecule has 1 nitrogen and oxygen atoms in total. The number of halogens is 2. The Morgan fingerprint density at radius 2 is 1.73 bits per heavy atom. The molecule has 1 aliphatic carbocycles. The summed E-state index contributed by atoms with van der Waals surface area (Å²) in [6.45, 7) is 4.35. The average Bonchev–Trinajstić information content (AvgIpc) is 2.65. The average molecular weight is 365 g/mol. The van der Waals surface area contributed by atoms with Crippen molar-refractivity contribution in [2.45, 2.75) is 97.0 Å². The van der Waals surface area contributed by atoms with Gasteiger partial charge in [0.25, 0.3) is 0 Å². The zero-order valence-corrected chi connectivity index (χ0v) is 16.5. The molecule has 1 unspecified atom stereocenters. The first-order valence-electron chi connectivity index (χ1n) is 10.7. The van der Waals surface area contributed by atoms with Crippen LogP contribution in [0, 0.1) is 23.5 Å². The highest BCUT2D eigenvalue weighted by molar-refractivity contribution is 5.41. The van der Waals surface area contributed by atoms with Gasteiger partial charge in [-0.25, -0.2) is 4.39 Å². The molecule has 1 aromatic carbocycles. The molecule has 26 heavy (non-hydrogen) atoms. The molecule has 0 bridgehead atoms. The molecule has 1 saturated carbocycles. The maximum Gasteiger partial charge on any atom is 0.201 e. The molecule has 1 aliphatic heterocycles. The van der Waals surface area contributed by atoms with Gasteiger partial charge in [-0.2, -0.15) is 4.39 Å². The van der Waals surface area contributed by atoms with E-state index in [0.29, 0.717) is 12.0 Å². The summed E-state index contributed by atoms with van der Waals surface area (Å²) >= 11 is 0. The Morgan fingerprint density at radius 1 is 1.00 bits per heavy atom. The quantitative estimate of drug-likeness (QED) is 0.473. The molecule has 0 spiro atoms. The Bertz CT molecular complexity index is 590. The molecule has 3 heteroatoms. The van der Waals surface area contributed by atoms with Gasteiger partial charge in [0, 0.05) is 0 Å². The fourth-order valence-electron chi connectivity index (χ4n) is 4.65. The summed E-state index contributed by atoms with van der Waals surface area (Å²) in [4.78, 5) is 0.